The molecule has 0 unspecified atom stereocenters. The van der Waals surface area contributed by atoms with E-state index in [9.17, 15) is 5.02 Å². The maximum atomic E-state index is 10.6. The fourth-order valence-corrected chi connectivity index (χ4v) is 6.21. The van der Waals surface area contributed by atoms with Crippen LogP contribution in [0, 0.1) is 0 Å². The lowest BCUT2D eigenvalue weighted by Crippen LogP contribution is -2.41. The van der Waals surface area contributed by atoms with Crippen LogP contribution in [0.2, 0.25) is 18.1 Å². The first kappa shape index (κ1) is 18.4. The van der Waals surface area contributed by atoms with Crippen molar-refractivity contribution in [3.63, 3.8) is 0 Å². The summed E-state index contributed by atoms with van der Waals surface area (Å²) < 4.78 is 11.8. The molecule has 0 aromatic heterocycles. The van der Waals surface area contributed by atoms with Crippen LogP contribution in [0.15, 0.2) is 42.5 Å². The molecule has 1 aliphatic rings. The molecule has 0 spiro atoms. The van der Waals surface area contributed by atoms with E-state index in [0.29, 0.717) is 0 Å². The van der Waals surface area contributed by atoms with E-state index in [2.05, 4.69) is 51.1 Å². The predicted molar refractivity (Wildman–Crippen MR) is 107 cm³/mol. The Morgan fingerprint density at radius 2 is 1.64 bits per heavy atom. The summed E-state index contributed by atoms with van der Waals surface area (Å²) in [5, 5.41) is 10.6. The number of fused-ring (bicyclic) bond motifs is 3. The lowest BCUT2D eigenvalue weighted by Gasteiger charge is -2.28. The van der Waals surface area contributed by atoms with E-state index in [1.807, 2.05) is 12.1 Å². The van der Waals surface area contributed by atoms with Crippen LogP contribution in [0.5, 0.6) is 0 Å². The molecule has 1 N–H and O–H groups in total. The Balaban J connectivity index is 1.71. The molecular formula is C20H27BO3Si. The van der Waals surface area contributed by atoms with E-state index in [-0.39, 0.29) is 6.79 Å². The van der Waals surface area contributed by atoms with Crippen molar-refractivity contribution < 1.29 is 14.1 Å². The first-order chi connectivity index (χ1) is 12.1. The molecule has 25 heavy (non-hydrogen) atoms. The lowest BCUT2D eigenvalue weighted by atomic mass is 9.75. The molecule has 3 nitrogen and oxygen atoms in total. The van der Waals surface area contributed by atoms with Crippen molar-refractivity contribution in [3.05, 3.63) is 53.6 Å². The number of benzene rings is 2. The first-order valence-electron chi connectivity index (χ1n) is 9.27. The monoisotopic (exact) mass is 354 g/mol. The van der Waals surface area contributed by atoms with Gasteiger partial charge in [-0.15, -0.1) is 0 Å². The summed E-state index contributed by atoms with van der Waals surface area (Å²) in [5.41, 5.74) is 5.80. The van der Waals surface area contributed by atoms with E-state index in [4.69, 9.17) is 9.08 Å². The second-order valence-corrected chi connectivity index (χ2v) is 11.5. The van der Waals surface area contributed by atoms with Crippen LogP contribution in [0.1, 0.15) is 31.9 Å². The number of hydrogen-bond acceptors (Lipinski definition) is 3. The van der Waals surface area contributed by atoms with Crippen LogP contribution in [0.3, 0.4) is 0 Å². The fourth-order valence-electron chi connectivity index (χ4n) is 3.78. The highest BCUT2D eigenvalue weighted by Crippen LogP contribution is 2.35. The zero-order valence-electron chi connectivity index (χ0n) is 15.4. The molecule has 0 saturated heterocycles. The third-order valence-electron chi connectivity index (χ3n) is 5.68. The molecule has 3 rings (SSSR count). The molecule has 2 aromatic rings. The van der Waals surface area contributed by atoms with Crippen molar-refractivity contribution in [1.82, 2.24) is 0 Å². The molecule has 0 fully saturated rings. The highest BCUT2D eigenvalue weighted by Gasteiger charge is 2.31. The standard InChI is InChI=1S/C20H27BO3Si/c1-4-25(5-2,6-3)24-15-23-21(22)20-13-9-12-18-17-11-8-7-10-16(17)14-19(18)20/h7-13,22H,4-6,14-15H2,1-3H3. The molecule has 0 aliphatic heterocycles. The molecule has 132 valence electrons. The van der Waals surface area contributed by atoms with Gasteiger partial charge in [-0.05, 0) is 52.3 Å². The SMILES string of the molecule is CC[Si](CC)(CC)OCOB(O)c1cccc2c1Cc1ccccc1-2. The average molecular weight is 354 g/mol. The van der Waals surface area contributed by atoms with Crippen LogP contribution in [0.25, 0.3) is 11.1 Å². The van der Waals surface area contributed by atoms with Gasteiger partial charge in [0, 0.05) is 0 Å². The van der Waals surface area contributed by atoms with Crippen LogP contribution in [0.4, 0.5) is 0 Å². The molecular weight excluding hydrogens is 327 g/mol. The van der Waals surface area contributed by atoms with E-state index < -0.39 is 15.4 Å². The fraction of sp³-hybridized carbons (Fsp3) is 0.400. The summed E-state index contributed by atoms with van der Waals surface area (Å²) in [4.78, 5) is 0. The highest BCUT2D eigenvalue weighted by atomic mass is 28.4. The topological polar surface area (TPSA) is 38.7 Å². The van der Waals surface area contributed by atoms with E-state index in [1.165, 1.54) is 22.3 Å². The van der Waals surface area contributed by atoms with Crippen LogP contribution in [-0.4, -0.2) is 27.3 Å². The van der Waals surface area contributed by atoms with Crippen molar-refractivity contribution >= 4 is 20.9 Å². The zero-order chi connectivity index (χ0) is 17.9. The van der Waals surface area contributed by atoms with Gasteiger partial charge in [0.15, 0.2) is 8.32 Å². The van der Waals surface area contributed by atoms with Gasteiger partial charge in [0.05, 0.1) is 0 Å². The van der Waals surface area contributed by atoms with Gasteiger partial charge < -0.3 is 14.1 Å². The minimum Gasteiger partial charge on any atom is -0.423 e. The second kappa shape index (κ2) is 7.87. The molecule has 0 amide bonds. The van der Waals surface area contributed by atoms with Gasteiger partial charge in [-0.1, -0.05) is 63.2 Å². The quantitative estimate of drug-likeness (QED) is 0.492. The third kappa shape index (κ3) is 3.60. The third-order valence-corrected chi connectivity index (χ3v) is 10.3. The average Bonchev–Trinajstić information content (AvgIpc) is 3.04. The largest absolute Gasteiger partial charge is 0.493 e. The van der Waals surface area contributed by atoms with Crippen LogP contribution >= 0.6 is 0 Å². The Kier molecular flexibility index (Phi) is 5.79. The first-order valence-corrected chi connectivity index (χ1v) is 11.8. The normalized spacial score (nSPS) is 12.8. The number of hydrogen-bond donors (Lipinski definition) is 1. The minimum atomic E-state index is -1.69. The lowest BCUT2D eigenvalue weighted by molar-refractivity contribution is 0.0932. The molecule has 1 aliphatic carbocycles. The Hall–Kier alpha value is -1.40. The summed E-state index contributed by atoms with van der Waals surface area (Å²) in [6.45, 7) is 6.74. The predicted octanol–water partition coefficient (Wildman–Crippen LogP) is 3.94. The molecule has 0 saturated carbocycles. The summed E-state index contributed by atoms with van der Waals surface area (Å²) in [7, 11) is -2.64. The Morgan fingerprint density at radius 3 is 2.36 bits per heavy atom. The summed E-state index contributed by atoms with van der Waals surface area (Å²) in [6.07, 6.45) is 0.848. The highest BCUT2D eigenvalue weighted by molar-refractivity contribution is 6.73. The van der Waals surface area contributed by atoms with Crippen molar-refractivity contribution in [2.75, 3.05) is 6.79 Å². The summed E-state index contributed by atoms with van der Waals surface area (Å²) in [5.74, 6) is 0. The Labute approximate surface area is 152 Å². The van der Waals surface area contributed by atoms with Crippen molar-refractivity contribution in [1.29, 1.82) is 0 Å². The van der Waals surface area contributed by atoms with Gasteiger partial charge in [0.25, 0.3) is 0 Å². The van der Waals surface area contributed by atoms with Crippen molar-refractivity contribution in [2.24, 2.45) is 0 Å². The van der Waals surface area contributed by atoms with Gasteiger partial charge in [-0.2, -0.15) is 0 Å². The molecule has 2 aromatic carbocycles. The maximum Gasteiger partial charge on any atom is 0.493 e. The molecule has 0 bridgehead atoms. The molecule has 0 heterocycles. The summed E-state index contributed by atoms with van der Waals surface area (Å²) in [6, 6.07) is 17.7. The Bertz CT molecular complexity index is 722. The molecule has 5 heteroatoms. The molecule has 0 atom stereocenters. The van der Waals surface area contributed by atoms with E-state index in [0.717, 1.165) is 30.0 Å². The van der Waals surface area contributed by atoms with Crippen LogP contribution in [-0.2, 0) is 15.5 Å². The smallest absolute Gasteiger partial charge is 0.423 e. The van der Waals surface area contributed by atoms with Gasteiger partial charge in [-0.25, -0.2) is 0 Å². The van der Waals surface area contributed by atoms with Gasteiger partial charge in [0.2, 0.25) is 0 Å². The van der Waals surface area contributed by atoms with Crippen LogP contribution < -0.4 is 5.46 Å². The Morgan fingerprint density at radius 1 is 0.960 bits per heavy atom. The molecule has 0 radical (unpaired) electrons. The second-order valence-electron chi connectivity index (χ2n) is 6.73. The van der Waals surface area contributed by atoms with E-state index >= 15 is 0 Å². The number of rotatable bonds is 8. The minimum absolute atomic E-state index is 0.166. The van der Waals surface area contributed by atoms with Crippen molar-refractivity contribution in [3.8, 4) is 11.1 Å². The van der Waals surface area contributed by atoms with Gasteiger partial charge >= 0.3 is 7.12 Å². The van der Waals surface area contributed by atoms with Gasteiger partial charge in [-0.3, -0.25) is 0 Å². The maximum absolute atomic E-state index is 10.6. The van der Waals surface area contributed by atoms with Crippen molar-refractivity contribution in [2.45, 2.75) is 45.3 Å². The van der Waals surface area contributed by atoms with Gasteiger partial charge in [0.1, 0.15) is 6.79 Å². The van der Waals surface area contributed by atoms with E-state index in [1.54, 1.807) is 0 Å². The zero-order valence-corrected chi connectivity index (χ0v) is 16.4. The summed E-state index contributed by atoms with van der Waals surface area (Å²) >= 11 is 0.